The number of pyridine rings is 1. The lowest BCUT2D eigenvalue weighted by molar-refractivity contribution is 0.0785. The van der Waals surface area contributed by atoms with Crippen molar-refractivity contribution in [3.63, 3.8) is 0 Å². The summed E-state index contributed by atoms with van der Waals surface area (Å²) in [5.74, 6) is 0.657. The number of anilines is 2. The molecule has 0 fully saturated rings. The first-order valence-corrected chi connectivity index (χ1v) is 13.1. The van der Waals surface area contributed by atoms with Crippen molar-refractivity contribution in [1.82, 2.24) is 20.2 Å². The van der Waals surface area contributed by atoms with E-state index in [4.69, 9.17) is 4.74 Å². The summed E-state index contributed by atoms with van der Waals surface area (Å²) in [5, 5.41) is 19.9. The number of rotatable bonds is 7. The minimum atomic E-state index is -3.93. The Morgan fingerprint density at radius 3 is 2.58 bits per heavy atom. The molecule has 2 heterocycles. The number of hydrogen-bond donors (Lipinski definition) is 3. The lowest BCUT2D eigenvalue weighted by atomic mass is 9.98. The van der Waals surface area contributed by atoms with Crippen LogP contribution in [0.2, 0.25) is 0 Å². The Morgan fingerprint density at radius 2 is 1.86 bits per heavy atom. The second-order valence-electron chi connectivity index (χ2n) is 9.24. The summed E-state index contributed by atoms with van der Waals surface area (Å²) in [5.41, 5.74) is 4.63. The summed E-state index contributed by atoms with van der Waals surface area (Å²) in [6, 6.07) is 14.0. The fourth-order valence-electron chi connectivity index (χ4n) is 4.43. The van der Waals surface area contributed by atoms with Gasteiger partial charge in [-0.3, -0.25) is 0 Å². The van der Waals surface area contributed by atoms with Gasteiger partial charge in [-0.15, -0.1) is 5.10 Å². The molecule has 4 aromatic rings. The standard InChI is InChI=1S/C26H27N5O4S/c1-26(2,32)18-8-10-19(11-9-18)36(33,34)25-29-24(30-31-25)28-23-20-6-4-5-16(20)7-12-21(23)17-13-14-27-22(15-17)35-3/h7-15,32H,4-6H2,1-3H3,(H2,28,29,30,31). The van der Waals surface area contributed by atoms with Crippen molar-refractivity contribution in [3.8, 4) is 17.0 Å². The van der Waals surface area contributed by atoms with Crippen LogP contribution in [0.25, 0.3) is 11.1 Å². The van der Waals surface area contributed by atoms with E-state index in [2.05, 4.69) is 31.5 Å². The zero-order chi connectivity index (χ0) is 25.5. The second-order valence-corrected chi connectivity index (χ2v) is 11.1. The van der Waals surface area contributed by atoms with E-state index in [9.17, 15) is 13.5 Å². The van der Waals surface area contributed by atoms with E-state index in [1.54, 1.807) is 39.3 Å². The van der Waals surface area contributed by atoms with Crippen LogP contribution >= 0.6 is 0 Å². The third-order valence-corrected chi connectivity index (χ3v) is 7.95. The third kappa shape index (κ3) is 4.45. The zero-order valence-electron chi connectivity index (χ0n) is 20.2. The lowest BCUT2D eigenvalue weighted by Crippen LogP contribution is -2.15. The number of H-pyrrole nitrogens is 1. The average Bonchev–Trinajstić information content (AvgIpc) is 3.54. The first kappa shape index (κ1) is 24.0. The maximum Gasteiger partial charge on any atom is 0.249 e. The molecule has 1 aliphatic carbocycles. The van der Waals surface area contributed by atoms with Gasteiger partial charge in [-0.05, 0) is 73.6 Å². The van der Waals surface area contributed by atoms with Crippen molar-refractivity contribution in [2.24, 2.45) is 0 Å². The fourth-order valence-corrected chi connectivity index (χ4v) is 5.52. The van der Waals surface area contributed by atoms with Crippen molar-refractivity contribution < 1.29 is 18.3 Å². The minimum Gasteiger partial charge on any atom is -0.481 e. The average molecular weight is 506 g/mol. The first-order chi connectivity index (χ1) is 17.2. The number of benzene rings is 2. The van der Waals surface area contributed by atoms with Crippen LogP contribution in [0, 0.1) is 0 Å². The van der Waals surface area contributed by atoms with Crippen LogP contribution in [-0.4, -0.2) is 40.8 Å². The van der Waals surface area contributed by atoms with Crippen LogP contribution in [0.4, 0.5) is 11.6 Å². The highest BCUT2D eigenvalue weighted by Gasteiger charge is 2.25. The van der Waals surface area contributed by atoms with Gasteiger partial charge in [0.25, 0.3) is 0 Å². The summed E-state index contributed by atoms with van der Waals surface area (Å²) in [7, 11) is -2.36. The summed E-state index contributed by atoms with van der Waals surface area (Å²) >= 11 is 0. The number of hydrogen-bond acceptors (Lipinski definition) is 8. The molecule has 2 aromatic heterocycles. The Labute approximate surface area is 209 Å². The third-order valence-electron chi connectivity index (χ3n) is 6.37. The van der Waals surface area contributed by atoms with Gasteiger partial charge in [-0.1, -0.05) is 24.3 Å². The Balaban J connectivity index is 1.49. The van der Waals surface area contributed by atoms with Gasteiger partial charge >= 0.3 is 0 Å². The molecule has 36 heavy (non-hydrogen) atoms. The smallest absolute Gasteiger partial charge is 0.249 e. The van der Waals surface area contributed by atoms with E-state index in [1.165, 1.54) is 23.3 Å². The Hall–Kier alpha value is -3.76. The van der Waals surface area contributed by atoms with E-state index in [1.807, 2.05) is 18.2 Å². The number of methoxy groups -OCH3 is 1. The van der Waals surface area contributed by atoms with E-state index < -0.39 is 15.4 Å². The largest absolute Gasteiger partial charge is 0.481 e. The molecule has 0 spiro atoms. The van der Waals surface area contributed by atoms with Crippen LogP contribution in [0.3, 0.4) is 0 Å². The number of sulfone groups is 1. The van der Waals surface area contributed by atoms with Gasteiger partial charge in [0.05, 0.1) is 23.3 Å². The highest BCUT2D eigenvalue weighted by Crippen LogP contribution is 2.39. The molecule has 0 radical (unpaired) electrons. The van der Waals surface area contributed by atoms with Gasteiger partial charge in [0, 0.05) is 17.8 Å². The number of aliphatic hydroxyl groups is 1. The molecule has 0 atom stereocenters. The number of nitrogens with zero attached hydrogens (tertiary/aromatic N) is 3. The summed E-state index contributed by atoms with van der Waals surface area (Å²) in [6.07, 6.45) is 4.61. The molecule has 1 aliphatic rings. The number of aromatic amines is 1. The fraction of sp³-hybridized carbons (Fsp3) is 0.269. The summed E-state index contributed by atoms with van der Waals surface area (Å²) in [4.78, 5) is 8.52. The van der Waals surface area contributed by atoms with Crippen LogP contribution in [-0.2, 0) is 28.3 Å². The second kappa shape index (κ2) is 9.03. The number of aromatic nitrogens is 4. The van der Waals surface area contributed by atoms with Crippen molar-refractivity contribution in [2.45, 2.75) is 48.8 Å². The summed E-state index contributed by atoms with van der Waals surface area (Å²) < 4.78 is 31.6. The normalized spacial score (nSPS) is 13.4. The molecule has 9 nitrogen and oxygen atoms in total. The molecule has 0 saturated carbocycles. The highest BCUT2D eigenvalue weighted by molar-refractivity contribution is 7.91. The minimum absolute atomic E-state index is 0.0587. The monoisotopic (exact) mass is 505 g/mol. The molecule has 5 rings (SSSR count). The van der Waals surface area contributed by atoms with E-state index in [0.29, 0.717) is 11.4 Å². The van der Waals surface area contributed by atoms with Gasteiger partial charge in [-0.2, -0.15) is 4.98 Å². The molecule has 186 valence electrons. The van der Waals surface area contributed by atoms with Gasteiger partial charge < -0.3 is 15.2 Å². The maximum atomic E-state index is 13.2. The number of aryl methyl sites for hydroxylation is 1. The van der Waals surface area contributed by atoms with Crippen molar-refractivity contribution in [3.05, 3.63) is 71.4 Å². The lowest BCUT2D eigenvalue weighted by Gasteiger charge is -2.17. The Kier molecular flexibility index (Phi) is 6.01. The topological polar surface area (TPSA) is 130 Å². The van der Waals surface area contributed by atoms with Gasteiger partial charge in [-0.25, -0.2) is 18.5 Å². The summed E-state index contributed by atoms with van der Waals surface area (Å²) in [6.45, 7) is 3.28. The Morgan fingerprint density at radius 1 is 1.08 bits per heavy atom. The predicted octanol–water partition coefficient (Wildman–Crippen LogP) is 4.17. The molecule has 0 unspecified atom stereocenters. The van der Waals surface area contributed by atoms with Crippen LogP contribution < -0.4 is 10.1 Å². The van der Waals surface area contributed by atoms with Crippen LogP contribution in [0.1, 0.15) is 37.0 Å². The predicted molar refractivity (Wildman–Crippen MR) is 135 cm³/mol. The first-order valence-electron chi connectivity index (χ1n) is 11.6. The van der Waals surface area contributed by atoms with Gasteiger partial charge in [0.2, 0.25) is 26.8 Å². The number of nitrogens with one attached hydrogen (secondary N) is 2. The molecule has 3 N–H and O–H groups in total. The van der Waals surface area contributed by atoms with Crippen molar-refractivity contribution in [2.75, 3.05) is 12.4 Å². The Bertz CT molecular complexity index is 1520. The molecule has 0 bridgehead atoms. The molecule has 0 amide bonds. The zero-order valence-corrected chi connectivity index (χ0v) is 21.1. The van der Waals surface area contributed by atoms with Crippen LogP contribution in [0.15, 0.2) is 64.8 Å². The molecular formula is C26H27N5O4S. The van der Waals surface area contributed by atoms with E-state index >= 15 is 0 Å². The molecule has 0 saturated heterocycles. The maximum absolute atomic E-state index is 13.2. The molecular weight excluding hydrogens is 478 g/mol. The van der Waals surface area contributed by atoms with Crippen molar-refractivity contribution in [1.29, 1.82) is 0 Å². The molecule has 10 heteroatoms. The number of ether oxygens (including phenoxy) is 1. The molecule has 2 aromatic carbocycles. The quantitative estimate of drug-likeness (QED) is 0.341. The van der Waals surface area contributed by atoms with Crippen molar-refractivity contribution >= 4 is 21.5 Å². The highest BCUT2D eigenvalue weighted by atomic mass is 32.2. The van der Waals surface area contributed by atoms with E-state index in [-0.39, 0.29) is 16.0 Å². The van der Waals surface area contributed by atoms with Crippen LogP contribution in [0.5, 0.6) is 5.88 Å². The van der Waals surface area contributed by atoms with E-state index in [0.717, 1.165) is 36.1 Å². The SMILES string of the molecule is COc1cc(-c2ccc3c(c2Nc2n[nH]c(S(=O)(=O)c4ccc(C(C)(C)O)cc4)n2)CCC3)ccn1. The number of fused-ring (bicyclic) bond motifs is 1. The van der Waals surface area contributed by atoms with Gasteiger partial charge in [0.1, 0.15) is 0 Å². The molecule has 0 aliphatic heterocycles. The van der Waals surface area contributed by atoms with Gasteiger partial charge in [0.15, 0.2) is 0 Å².